The van der Waals surface area contributed by atoms with E-state index in [0.717, 1.165) is 40.9 Å². The van der Waals surface area contributed by atoms with Crippen LogP contribution in [0.4, 0.5) is 5.69 Å². The normalized spacial score (nSPS) is 12.2. The van der Waals surface area contributed by atoms with E-state index in [1.165, 1.54) is 16.5 Å². The molecule has 0 bridgehead atoms. The second-order valence-corrected chi connectivity index (χ2v) is 7.98. The molecule has 3 aromatic rings. The Balaban J connectivity index is 1.91. The van der Waals surface area contributed by atoms with Crippen molar-refractivity contribution < 1.29 is 0 Å². The van der Waals surface area contributed by atoms with Gasteiger partial charge in [0.1, 0.15) is 0 Å². The molecule has 1 atom stereocenters. The molecule has 5 heteroatoms. The molecule has 0 saturated carbocycles. The Labute approximate surface area is 178 Å². The van der Waals surface area contributed by atoms with Gasteiger partial charge < -0.3 is 14.8 Å². The number of para-hydroxylation sites is 1. The first-order valence-corrected chi connectivity index (χ1v) is 10.6. The molecule has 0 aliphatic heterocycles. The Kier molecular flexibility index (Phi) is 6.63. The molecule has 3 rings (SSSR count). The van der Waals surface area contributed by atoms with Gasteiger partial charge >= 0.3 is 0 Å². The molecule has 148 valence electrons. The molecule has 0 aliphatic carbocycles. The van der Waals surface area contributed by atoms with Gasteiger partial charge in [-0.1, -0.05) is 42.8 Å². The highest BCUT2D eigenvalue weighted by atomic mass is 35.5. The summed E-state index contributed by atoms with van der Waals surface area (Å²) in [6.07, 6.45) is 3.27. The predicted molar refractivity (Wildman–Crippen MR) is 125 cm³/mol. The molecule has 1 heterocycles. The van der Waals surface area contributed by atoms with Crippen molar-refractivity contribution in [1.82, 2.24) is 9.47 Å². The quantitative estimate of drug-likeness (QED) is 0.458. The van der Waals surface area contributed by atoms with Crippen LogP contribution in [-0.2, 0) is 13.1 Å². The number of halogens is 1. The van der Waals surface area contributed by atoms with Crippen molar-refractivity contribution in [3.05, 3.63) is 64.8 Å². The van der Waals surface area contributed by atoms with Gasteiger partial charge in [0, 0.05) is 46.9 Å². The fraction of sp³-hybridized carbons (Fsp3) is 0.348. The molecule has 0 aliphatic rings. The van der Waals surface area contributed by atoms with Crippen LogP contribution in [0.1, 0.15) is 38.3 Å². The first-order chi connectivity index (χ1) is 13.5. The van der Waals surface area contributed by atoms with Crippen LogP contribution in [0.3, 0.4) is 0 Å². The minimum Gasteiger partial charge on any atom is -0.347 e. The maximum atomic E-state index is 6.28. The Morgan fingerprint density at radius 2 is 1.93 bits per heavy atom. The number of aromatic nitrogens is 1. The van der Waals surface area contributed by atoms with Crippen LogP contribution in [0.5, 0.6) is 0 Å². The van der Waals surface area contributed by atoms with Gasteiger partial charge in [-0.05, 0) is 68.7 Å². The van der Waals surface area contributed by atoms with Crippen molar-refractivity contribution in [2.75, 3.05) is 5.32 Å². The molecular formula is C23H28ClN3S. The van der Waals surface area contributed by atoms with Gasteiger partial charge in [0.25, 0.3) is 0 Å². The largest absolute Gasteiger partial charge is 0.347 e. The number of rotatable bonds is 6. The maximum Gasteiger partial charge on any atom is 0.173 e. The third-order valence-electron chi connectivity index (χ3n) is 5.45. The number of hydrogen-bond acceptors (Lipinski definition) is 1. The van der Waals surface area contributed by atoms with Gasteiger partial charge in [-0.3, -0.25) is 0 Å². The van der Waals surface area contributed by atoms with E-state index in [-0.39, 0.29) is 0 Å². The lowest BCUT2D eigenvalue weighted by Crippen LogP contribution is -2.40. The lowest BCUT2D eigenvalue weighted by atomic mass is 10.1. The van der Waals surface area contributed by atoms with Gasteiger partial charge in [0.15, 0.2) is 5.11 Å². The van der Waals surface area contributed by atoms with Crippen molar-refractivity contribution >= 4 is 45.5 Å². The van der Waals surface area contributed by atoms with E-state index >= 15 is 0 Å². The summed E-state index contributed by atoms with van der Waals surface area (Å²) < 4.78 is 2.30. The summed E-state index contributed by atoms with van der Waals surface area (Å²) in [5.74, 6) is 0. The highest BCUT2D eigenvalue weighted by molar-refractivity contribution is 7.80. The molecule has 2 aromatic carbocycles. The molecule has 1 N–H and O–H groups in total. The van der Waals surface area contributed by atoms with Gasteiger partial charge in [0.05, 0.1) is 0 Å². The van der Waals surface area contributed by atoms with Crippen molar-refractivity contribution in [2.45, 2.75) is 53.2 Å². The maximum absolute atomic E-state index is 6.28. The molecule has 0 radical (unpaired) electrons. The molecule has 3 nitrogen and oxygen atoms in total. The lowest BCUT2D eigenvalue weighted by molar-refractivity contribution is 0.320. The predicted octanol–water partition coefficient (Wildman–Crippen LogP) is 6.62. The zero-order chi connectivity index (χ0) is 20.3. The number of nitrogens with zero attached hydrogens (tertiary/aromatic N) is 2. The first-order valence-electron chi connectivity index (χ1n) is 9.85. The third-order valence-corrected chi connectivity index (χ3v) is 6.19. The summed E-state index contributed by atoms with van der Waals surface area (Å²) in [5, 5.41) is 6.19. The van der Waals surface area contributed by atoms with E-state index in [9.17, 15) is 0 Å². The first kappa shape index (κ1) is 20.7. The topological polar surface area (TPSA) is 20.2 Å². The number of hydrogen-bond donors (Lipinski definition) is 1. The average molecular weight is 414 g/mol. The van der Waals surface area contributed by atoms with E-state index in [2.05, 4.69) is 66.0 Å². The Hall–Kier alpha value is -2.04. The summed E-state index contributed by atoms with van der Waals surface area (Å²) in [5.41, 5.74) is 4.54. The van der Waals surface area contributed by atoms with Crippen LogP contribution < -0.4 is 5.32 Å². The molecule has 0 fully saturated rings. The SMILES string of the molecule is CC[C@@H](C)N(Cc1cn(CC)c2ccccc12)C(=S)Nc1cccc(Cl)c1C. The van der Waals surface area contributed by atoms with E-state index in [0.29, 0.717) is 6.04 Å². The molecule has 1 aromatic heterocycles. The highest BCUT2D eigenvalue weighted by Gasteiger charge is 2.19. The number of nitrogens with one attached hydrogen (secondary N) is 1. The van der Waals surface area contributed by atoms with Gasteiger partial charge in [-0.15, -0.1) is 0 Å². The third kappa shape index (κ3) is 4.18. The highest BCUT2D eigenvalue weighted by Crippen LogP contribution is 2.26. The molecule has 0 amide bonds. The number of fused-ring (bicyclic) bond motifs is 1. The van der Waals surface area contributed by atoms with Gasteiger partial charge in [0.2, 0.25) is 0 Å². The van der Waals surface area contributed by atoms with Crippen LogP contribution in [0.2, 0.25) is 5.02 Å². The summed E-state index contributed by atoms with van der Waals surface area (Å²) in [6, 6.07) is 14.8. The molecular weight excluding hydrogens is 386 g/mol. The lowest BCUT2D eigenvalue weighted by Gasteiger charge is -2.31. The van der Waals surface area contributed by atoms with Crippen LogP contribution in [0.15, 0.2) is 48.7 Å². The summed E-state index contributed by atoms with van der Waals surface area (Å²) >= 11 is 12.1. The monoisotopic (exact) mass is 413 g/mol. The van der Waals surface area contributed by atoms with Crippen LogP contribution in [-0.4, -0.2) is 20.6 Å². The van der Waals surface area contributed by atoms with Crippen molar-refractivity contribution in [1.29, 1.82) is 0 Å². The molecule has 0 unspecified atom stereocenters. The molecule has 0 spiro atoms. The summed E-state index contributed by atoms with van der Waals surface area (Å²) in [7, 11) is 0. The standard InChI is InChI=1S/C23H28ClN3S/c1-5-16(3)27(23(28)25-21-12-9-11-20(24)17(21)4)15-18-14-26(6-2)22-13-8-7-10-19(18)22/h7-14,16H,5-6,15H2,1-4H3,(H,25,28)/t16-/m1/s1. The minimum absolute atomic E-state index is 0.322. The summed E-state index contributed by atoms with van der Waals surface area (Å²) in [6.45, 7) is 10.3. The zero-order valence-electron chi connectivity index (χ0n) is 17.0. The fourth-order valence-electron chi connectivity index (χ4n) is 3.47. The zero-order valence-corrected chi connectivity index (χ0v) is 18.6. The molecule has 28 heavy (non-hydrogen) atoms. The smallest absolute Gasteiger partial charge is 0.173 e. The van der Waals surface area contributed by atoms with Crippen LogP contribution in [0, 0.1) is 6.92 Å². The Bertz CT molecular complexity index is 979. The second kappa shape index (κ2) is 8.97. The van der Waals surface area contributed by atoms with Crippen molar-refractivity contribution in [3.63, 3.8) is 0 Å². The van der Waals surface area contributed by atoms with E-state index in [1.807, 2.05) is 25.1 Å². The van der Waals surface area contributed by atoms with Crippen molar-refractivity contribution in [3.8, 4) is 0 Å². The van der Waals surface area contributed by atoms with E-state index < -0.39 is 0 Å². The Morgan fingerprint density at radius 3 is 2.64 bits per heavy atom. The summed E-state index contributed by atoms with van der Waals surface area (Å²) in [4.78, 5) is 2.28. The van der Waals surface area contributed by atoms with Crippen LogP contribution >= 0.6 is 23.8 Å². The van der Waals surface area contributed by atoms with Crippen LogP contribution in [0.25, 0.3) is 10.9 Å². The minimum atomic E-state index is 0.322. The number of aryl methyl sites for hydroxylation is 1. The van der Waals surface area contributed by atoms with E-state index in [4.69, 9.17) is 23.8 Å². The number of anilines is 1. The van der Waals surface area contributed by atoms with Crippen molar-refractivity contribution in [2.24, 2.45) is 0 Å². The fourth-order valence-corrected chi connectivity index (χ4v) is 4.00. The van der Waals surface area contributed by atoms with Gasteiger partial charge in [-0.25, -0.2) is 0 Å². The Morgan fingerprint density at radius 1 is 1.18 bits per heavy atom. The van der Waals surface area contributed by atoms with E-state index in [1.54, 1.807) is 0 Å². The van der Waals surface area contributed by atoms with Gasteiger partial charge in [-0.2, -0.15) is 0 Å². The number of benzene rings is 2. The number of thiocarbonyl (C=S) groups is 1. The molecule has 0 saturated heterocycles. The average Bonchev–Trinajstić information content (AvgIpc) is 3.06. The second-order valence-electron chi connectivity index (χ2n) is 7.19.